The molecule has 2 rings (SSSR count). The summed E-state index contributed by atoms with van der Waals surface area (Å²) < 4.78 is 5.18. The van der Waals surface area contributed by atoms with Gasteiger partial charge in [-0.2, -0.15) is 0 Å². The van der Waals surface area contributed by atoms with Crippen LogP contribution >= 0.6 is 0 Å². The third-order valence-electron chi connectivity index (χ3n) is 2.51. The fourth-order valence-electron chi connectivity index (χ4n) is 1.72. The predicted octanol–water partition coefficient (Wildman–Crippen LogP) is 1.93. The van der Waals surface area contributed by atoms with Crippen molar-refractivity contribution in [2.75, 3.05) is 13.3 Å². The molecule has 0 aromatic heterocycles. The smallest absolute Gasteiger partial charge is 0.121 e. The first-order valence-corrected chi connectivity index (χ1v) is 4.99. The second kappa shape index (κ2) is 3.95. The maximum absolute atomic E-state index is 9.63. The summed E-state index contributed by atoms with van der Waals surface area (Å²) >= 11 is 0. The molecule has 0 unspecified atom stereocenters. The Morgan fingerprint density at radius 1 is 1.33 bits per heavy atom. The number of ether oxygens (including phenoxy) is 1. The molecule has 0 spiro atoms. The van der Waals surface area contributed by atoms with E-state index in [2.05, 4.69) is 5.32 Å². The first-order valence-electron chi connectivity index (χ1n) is 4.99. The van der Waals surface area contributed by atoms with Gasteiger partial charge in [0.1, 0.15) is 12.5 Å². The summed E-state index contributed by atoms with van der Waals surface area (Å²) in [5, 5.41) is 12.8. The molecule has 0 saturated carbocycles. The molecule has 1 aliphatic rings. The molecule has 0 amide bonds. The van der Waals surface area contributed by atoms with Gasteiger partial charge in [0.2, 0.25) is 0 Å². The van der Waals surface area contributed by atoms with Crippen molar-refractivity contribution in [2.45, 2.75) is 13.8 Å². The molecule has 3 nitrogen and oxygen atoms in total. The quantitative estimate of drug-likeness (QED) is 0.736. The molecule has 80 valence electrons. The molecule has 1 aromatic carbocycles. The van der Waals surface area contributed by atoms with Gasteiger partial charge in [0.15, 0.2) is 0 Å². The molecule has 3 heteroatoms. The summed E-state index contributed by atoms with van der Waals surface area (Å²) in [6.45, 7) is 5.03. The number of hydrogen-bond donors (Lipinski definition) is 2. The van der Waals surface area contributed by atoms with Crippen molar-refractivity contribution in [3.8, 4) is 5.75 Å². The van der Waals surface area contributed by atoms with Gasteiger partial charge in [0.05, 0.1) is 6.61 Å². The topological polar surface area (TPSA) is 41.5 Å². The lowest BCUT2D eigenvalue weighted by Gasteiger charge is -2.05. The Balaban J connectivity index is 2.33. The molecule has 0 radical (unpaired) electrons. The minimum Gasteiger partial charge on any atom is -0.507 e. The van der Waals surface area contributed by atoms with Crippen molar-refractivity contribution in [1.29, 1.82) is 0 Å². The van der Waals surface area contributed by atoms with Crippen LogP contribution < -0.4 is 5.32 Å². The molecular formula is C12H15NO2. The van der Waals surface area contributed by atoms with Crippen molar-refractivity contribution in [3.05, 3.63) is 34.5 Å². The number of aryl methyl sites for hydroxylation is 2. The molecule has 1 fully saturated rings. The van der Waals surface area contributed by atoms with E-state index in [0.29, 0.717) is 19.1 Å². The molecule has 2 N–H and O–H groups in total. The van der Waals surface area contributed by atoms with E-state index >= 15 is 0 Å². The summed E-state index contributed by atoms with van der Waals surface area (Å²) in [6, 6.07) is 3.94. The molecule has 1 heterocycles. The summed E-state index contributed by atoms with van der Waals surface area (Å²) in [6.07, 6.45) is 2.05. The van der Waals surface area contributed by atoms with E-state index in [1.807, 2.05) is 32.1 Å². The standard InChI is InChI=1S/C12H15NO2/c1-8-3-10(4-9(2)12(8)14)5-11-6-15-7-13-11/h3-5,13-14H,6-7H2,1-2H3/b11-5-. The van der Waals surface area contributed by atoms with Gasteiger partial charge in [0.25, 0.3) is 0 Å². The summed E-state index contributed by atoms with van der Waals surface area (Å²) in [7, 11) is 0. The third-order valence-corrected chi connectivity index (χ3v) is 2.51. The van der Waals surface area contributed by atoms with Crippen molar-refractivity contribution < 1.29 is 9.84 Å². The van der Waals surface area contributed by atoms with E-state index in [1.54, 1.807) is 0 Å². The monoisotopic (exact) mass is 205 g/mol. The van der Waals surface area contributed by atoms with Crippen LogP contribution in [0.2, 0.25) is 0 Å². The van der Waals surface area contributed by atoms with Crippen molar-refractivity contribution in [1.82, 2.24) is 5.32 Å². The second-order valence-electron chi connectivity index (χ2n) is 3.84. The van der Waals surface area contributed by atoms with Gasteiger partial charge in [-0.25, -0.2) is 0 Å². The van der Waals surface area contributed by atoms with E-state index in [9.17, 15) is 5.11 Å². The number of nitrogens with one attached hydrogen (secondary N) is 1. The summed E-state index contributed by atoms with van der Waals surface area (Å²) in [5.41, 5.74) is 3.98. The number of aromatic hydroxyl groups is 1. The van der Waals surface area contributed by atoms with Crippen molar-refractivity contribution >= 4 is 6.08 Å². The number of rotatable bonds is 1. The minimum absolute atomic E-state index is 0.382. The van der Waals surface area contributed by atoms with Crippen LogP contribution in [-0.2, 0) is 4.74 Å². The van der Waals surface area contributed by atoms with Crippen LogP contribution in [0.1, 0.15) is 16.7 Å². The molecule has 1 saturated heterocycles. The molecule has 1 aromatic rings. The Kier molecular flexibility index (Phi) is 2.64. The van der Waals surface area contributed by atoms with Gasteiger partial charge >= 0.3 is 0 Å². The fraction of sp³-hybridized carbons (Fsp3) is 0.333. The highest BCUT2D eigenvalue weighted by Crippen LogP contribution is 2.24. The Morgan fingerprint density at radius 3 is 2.53 bits per heavy atom. The Hall–Kier alpha value is -1.48. The first-order chi connectivity index (χ1) is 7.16. The van der Waals surface area contributed by atoms with Crippen LogP contribution in [-0.4, -0.2) is 18.4 Å². The predicted molar refractivity (Wildman–Crippen MR) is 59.5 cm³/mol. The summed E-state index contributed by atoms with van der Waals surface area (Å²) in [5.74, 6) is 0.382. The molecular weight excluding hydrogens is 190 g/mol. The fourth-order valence-corrected chi connectivity index (χ4v) is 1.72. The van der Waals surface area contributed by atoms with Gasteiger partial charge in [0, 0.05) is 5.70 Å². The Morgan fingerprint density at radius 2 is 2.00 bits per heavy atom. The normalized spacial score (nSPS) is 18.1. The van der Waals surface area contributed by atoms with Crippen molar-refractivity contribution in [3.63, 3.8) is 0 Å². The number of benzene rings is 1. The number of hydrogen-bond acceptors (Lipinski definition) is 3. The molecule has 15 heavy (non-hydrogen) atoms. The highest BCUT2D eigenvalue weighted by atomic mass is 16.5. The first kappa shape index (κ1) is 10.1. The molecule has 0 aliphatic carbocycles. The van der Waals surface area contributed by atoms with Crippen LogP contribution in [0.4, 0.5) is 0 Å². The van der Waals surface area contributed by atoms with Crippen LogP contribution in [0.3, 0.4) is 0 Å². The zero-order valence-corrected chi connectivity index (χ0v) is 9.00. The van der Waals surface area contributed by atoms with Crippen molar-refractivity contribution in [2.24, 2.45) is 0 Å². The van der Waals surface area contributed by atoms with E-state index in [4.69, 9.17) is 4.74 Å². The molecule has 1 aliphatic heterocycles. The average Bonchev–Trinajstić information content (AvgIpc) is 2.66. The van der Waals surface area contributed by atoms with Crippen LogP contribution in [0, 0.1) is 13.8 Å². The lowest BCUT2D eigenvalue weighted by molar-refractivity contribution is 0.197. The lowest BCUT2D eigenvalue weighted by atomic mass is 10.1. The maximum atomic E-state index is 9.63. The van der Waals surface area contributed by atoms with Gasteiger partial charge in [-0.1, -0.05) is 0 Å². The van der Waals surface area contributed by atoms with Gasteiger partial charge < -0.3 is 15.2 Å². The van der Waals surface area contributed by atoms with Crippen LogP contribution in [0.5, 0.6) is 5.75 Å². The van der Waals surface area contributed by atoms with Crippen LogP contribution in [0.15, 0.2) is 17.8 Å². The Bertz CT molecular complexity index is 379. The minimum atomic E-state index is 0.382. The van der Waals surface area contributed by atoms with Gasteiger partial charge in [-0.15, -0.1) is 0 Å². The maximum Gasteiger partial charge on any atom is 0.121 e. The highest BCUT2D eigenvalue weighted by Gasteiger charge is 2.06. The summed E-state index contributed by atoms with van der Waals surface area (Å²) in [4.78, 5) is 0. The zero-order chi connectivity index (χ0) is 10.8. The Labute approximate surface area is 89.4 Å². The molecule has 0 bridgehead atoms. The SMILES string of the molecule is Cc1cc(/C=C2/COCN2)cc(C)c1O. The largest absolute Gasteiger partial charge is 0.507 e. The average molecular weight is 205 g/mol. The number of phenolic OH excluding ortho intramolecular Hbond substituents is 1. The third kappa shape index (κ3) is 2.13. The van der Waals surface area contributed by atoms with Gasteiger partial charge in [-0.05, 0) is 48.7 Å². The van der Waals surface area contributed by atoms with E-state index in [0.717, 1.165) is 22.4 Å². The van der Waals surface area contributed by atoms with E-state index in [1.165, 1.54) is 0 Å². The highest BCUT2D eigenvalue weighted by molar-refractivity contribution is 5.58. The van der Waals surface area contributed by atoms with E-state index < -0.39 is 0 Å². The van der Waals surface area contributed by atoms with Gasteiger partial charge in [-0.3, -0.25) is 0 Å². The lowest BCUT2D eigenvalue weighted by Crippen LogP contribution is -2.04. The van der Waals surface area contributed by atoms with E-state index in [-0.39, 0.29) is 0 Å². The molecule has 0 atom stereocenters. The zero-order valence-electron chi connectivity index (χ0n) is 9.00. The number of phenols is 1. The second-order valence-corrected chi connectivity index (χ2v) is 3.84. The van der Waals surface area contributed by atoms with Crippen LogP contribution in [0.25, 0.3) is 6.08 Å².